The smallest absolute Gasteiger partial charge is 0.295 e. The van der Waals surface area contributed by atoms with Crippen LogP contribution >= 0.6 is 0 Å². The Bertz CT molecular complexity index is 624. The quantitative estimate of drug-likeness (QED) is 0.851. The summed E-state index contributed by atoms with van der Waals surface area (Å²) in [6, 6.07) is 5.21. The number of hydrogen-bond acceptors (Lipinski definition) is 5. The van der Waals surface area contributed by atoms with Gasteiger partial charge in [0.2, 0.25) is 5.82 Å². The molecule has 1 aromatic carbocycles. The summed E-state index contributed by atoms with van der Waals surface area (Å²) >= 11 is 0. The number of carbonyl (C=O) groups is 1. The lowest BCUT2D eigenvalue weighted by molar-refractivity contribution is 0.101. The fourth-order valence-electron chi connectivity index (χ4n) is 1.76. The highest BCUT2D eigenvalue weighted by Crippen LogP contribution is 2.30. The predicted octanol–water partition coefficient (Wildman–Crippen LogP) is 2.16. The van der Waals surface area contributed by atoms with E-state index in [9.17, 15) is 4.79 Å². The normalized spacial score (nSPS) is 10.2. The minimum atomic E-state index is -0.383. The molecular weight excluding hydrogens is 272 g/mol. The van der Waals surface area contributed by atoms with Gasteiger partial charge >= 0.3 is 0 Å². The predicted molar refractivity (Wildman–Crippen MR) is 77.9 cm³/mol. The van der Waals surface area contributed by atoms with E-state index in [1.807, 2.05) is 13.8 Å². The number of nitrogens with zero attached hydrogens (tertiary/aromatic N) is 2. The number of nitrogens with one attached hydrogen (secondary N) is 2. The summed E-state index contributed by atoms with van der Waals surface area (Å²) in [5.74, 6) is 1.53. The summed E-state index contributed by atoms with van der Waals surface area (Å²) in [5.41, 5.74) is 0.592. The number of aromatic nitrogens is 3. The number of amides is 1. The molecule has 2 rings (SSSR count). The van der Waals surface area contributed by atoms with E-state index >= 15 is 0 Å². The van der Waals surface area contributed by atoms with Crippen molar-refractivity contribution in [2.24, 2.45) is 0 Å². The highest BCUT2D eigenvalue weighted by atomic mass is 16.5. The van der Waals surface area contributed by atoms with Crippen LogP contribution in [0.4, 0.5) is 5.69 Å². The van der Waals surface area contributed by atoms with E-state index in [0.29, 0.717) is 36.2 Å². The average molecular weight is 290 g/mol. The second-order valence-corrected chi connectivity index (χ2v) is 4.23. The SMILES string of the molecule is CCOc1ccc(NC(=O)c2n[nH]c(C)n2)cc1OCC. The van der Waals surface area contributed by atoms with E-state index in [4.69, 9.17) is 9.47 Å². The highest BCUT2D eigenvalue weighted by Gasteiger charge is 2.13. The monoisotopic (exact) mass is 290 g/mol. The molecule has 0 atom stereocenters. The van der Waals surface area contributed by atoms with Crippen molar-refractivity contribution >= 4 is 11.6 Å². The van der Waals surface area contributed by atoms with Gasteiger partial charge < -0.3 is 14.8 Å². The molecule has 7 heteroatoms. The molecule has 2 N–H and O–H groups in total. The highest BCUT2D eigenvalue weighted by molar-refractivity contribution is 6.01. The molecule has 1 heterocycles. The van der Waals surface area contributed by atoms with E-state index in [1.165, 1.54) is 0 Å². The van der Waals surface area contributed by atoms with E-state index < -0.39 is 0 Å². The standard InChI is InChI=1S/C14H18N4O3/c1-4-20-11-7-6-10(8-12(11)21-5-2)16-14(19)13-15-9(3)17-18-13/h6-8H,4-5H2,1-3H3,(H,16,19)(H,15,17,18). The number of aromatic amines is 1. The molecule has 1 amide bonds. The maximum atomic E-state index is 12.0. The van der Waals surface area contributed by atoms with Gasteiger partial charge in [-0.05, 0) is 32.9 Å². The number of benzene rings is 1. The van der Waals surface area contributed by atoms with Gasteiger partial charge in [0.1, 0.15) is 5.82 Å². The molecule has 0 saturated carbocycles. The first kappa shape index (κ1) is 14.8. The number of H-pyrrole nitrogens is 1. The van der Waals surface area contributed by atoms with Gasteiger partial charge in [0.05, 0.1) is 13.2 Å². The molecule has 0 unspecified atom stereocenters. The van der Waals surface area contributed by atoms with Crippen molar-refractivity contribution in [1.82, 2.24) is 15.2 Å². The number of carbonyl (C=O) groups excluding carboxylic acids is 1. The third-order valence-electron chi connectivity index (χ3n) is 2.60. The van der Waals surface area contributed by atoms with Crippen molar-refractivity contribution in [3.05, 3.63) is 29.8 Å². The fraction of sp³-hybridized carbons (Fsp3) is 0.357. The first-order chi connectivity index (χ1) is 10.1. The van der Waals surface area contributed by atoms with Gasteiger partial charge in [0.25, 0.3) is 5.91 Å². The zero-order chi connectivity index (χ0) is 15.2. The largest absolute Gasteiger partial charge is 0.490 e. The molecule has 0 spiro atoms. The fourth-order valence-corrected chi connectivity index (χ4v) is 1.76. The van der Waals surface area contributed by atoms with Crippen LogP contribution in [-0.2, 0) is 0 Å². The molecule has 0 aliphatic rings. The molecule has 0 bridgehead atoms. The Hall–Kier alpha value is -2.57. The lowest BCUT2D eigenvalue weighted by atomic mass is 10.2. The van der Waals surface area contributed by atoms with Crippen LogP contribution in [0, 0.1) is 6.92 Å². The van der Waals surface area contributed by atoms with Crippen LogP contribution in [0.2, 0.25) is 0 Å². The molecule has 0 aliphatic carbocycles. The van der Waals surface area contributed by atoms with Gasteiger partial charge in [-0.25, -0.2) is 4.98 Å². The van der Waals surface area contributed by atoms with Crippen molar-refractivity contribution < 1.29 is 14.3 Å². The lowest BCUT2D eigenvalue weighted by Crippen LogP contribution is -2.14. The minimum absolute atomic E-state index is 0.0966. The molecule has 0 fully saturated rings. The van der Waals surface area contributed by atoms with Crippen molar-refractivity contribution in [1.29, 1.82) is 0 Å². The molecule has 1 aromatic heterocycles. The Morgan fingerprint density at radius 3 is 2.57 bits per heavy atom. The molecule has 0 saturated heterocycles. The lowest BCUT2D eigenvalue weighted by Gasteiger charge is -2.12. The van der Waals surface area contributed by atoms with E-state index in [-0.39, 0.29) is 11.7 Å². The molecule has 7 nitrogen and oxygen atoms in total. The van der Waals surface area contributed by atoms with Crippen LogP contribution in [0.25, 0.3) is 0 Å². The summed E-state index contributed by atoms with van der Waals surface area (Å²) in [4.78, 5) is 16.0. The van der Waals surface area contributed by atoms with Gasteiger partial charge in [-0.15, -0.1) is 5.10 Å². The van der Waals surface area contributed by atoms with Gasteiger partial charge in [-0.1, -0.05) is 0 Å². The Morgan fingerprint density at radius 2 is 1.95 bits per heavy atom. The van der Waals surface area contributed by atoms with Gasteiger partial charge in [0.15, 0.2) is 11.5 Å². The van der Waals surface area contributed by atoms with Crippen molar-refractivity contribution in [3.63, 3.8) is 0 Å². The Balaban J connectivity index is 2.16. The Kier molecular flexibility index (Phi) is 4.76. The van der Waals surface area contributed by atoms with E-state index in [1.54, 1.807) is 25.1 Å². The number of anilines is 1. The van der Waals surface area contributed by atoms with Gasteiger partial charge in [-0.3, -0.25) is 9.89 Å². The minimum Gasteiger partial charge on any atom is -0.490 e. The summed E-state index contributed by atoms with van der Waals surface area (Å²) in [7, 11) is 0. The summed E-state index contributed by atoms with van der Waals surface area (Å²) in [5, 5.41) is 9.16. The third kappa shape index (κ3) is 3.71. The van der Waals surface area contributed by atoms with Crippen LogP contribution in [0.15, 0.2) is 18.2 Å². The Morgan fingerprint density at radius 1 is 1.24 bits per heavy atom. The van der Waals surface area contributed by atoms with Crippen LogP contribution in [0.5, 0.6) is 11.5 Å². The van der Waals surface area contributed by atoms with Gasteiger partial charge in [-0.2, -0.15) is 0 Å². The van der Waals surface area contributed by atoms with Gasteiger partial charge in [0, 0.05) is 11.8 Å². The first-order valence-electron chi connectivity index (χ1n) is 6.74. The third-order valence-corrected chi connectivity index (χ3v) is 2.60. The zero-order valence-corrected chi connectivity index (χ0v) is 12.3. The van der Waals surface area contributed by atoms with E-state index in [0.717, 1.165) is 0 Å². The molecule has 112 valence electrons. The number of aryl methyl sites for hydroxylation is 1. The summed E-state index contributed by atoms with van der Waals surface area (Å²) < 4.78 is 11.0. The van der Waals surface area contributed by atoms with Crippen LogP contribution in [0.1, 0.15) is 30.3 Å². The topological polar surface area (TPSA) is 89.1 Å². The Labute approximate surface area is 122 Å². The summed E-state index contributed by atoms with van der Waals surface area (Å²) in [6.45, 7) is 6.57. The second-order valence-electron chi connectivity index (χ2n) is 4.23. The van der Waals surface area contributed by atoms with E-state index in [2.05, 4.69) is 20.5 Å². The van der Waals surface area contributed by atoms with Crippen LogP contribution in [-0.4, -0.2) is 34.3 Å². The molecular formula is C14H18N4O3. The molecule has 0 radical (unpaired) electrons. The average Bonchev–Trinajstić information content (AvgIpc) is 2.89. The molecule has 2 aromatic rings. The van der Waals surface area contributed by atoms with Crippen LogP contribution in [0.3, 0.4) is 0 Å². The zero-order valence-electron chi connectivity index (χ0n) is 12.3. The van der Waals surface area contributed by atoms with Crippen molar-refractivity contribution in [2.75, 3.05) is 18.5 Å². The van der Waals surface area contributed by atoms with Crippen LogP contribution < -0.4 is 14.8 Å². The maximum Gasteiger partial charge on any atom is 0.295 e. The number of hydrogen-bond donors (Lipinski definition) is 2. The number of rotatable bonds is 6. The second kappa shape index (κ2) is 6.74. The number of ether oxygens (including phenoxy) is 2. The maximum absolute atomic E-state index is 12.0. The summed E-state index contributed by atoms with van der Waals surface area (Å²) in [6.07, 6.45) is 0. The van der Waals surface area contributed by atoms with Crippen molar-refractivity contribution in [2.45, 2.75) is 20.8 Å². The van der Waals surface area contributed by atoms with Crippen molar-refractivity contribution in [3.8, 4) is 11.5 Å². The first-order valence-corrected chi connectivity index (χ1v) is 6.74. The molecule has 21 heavy (non-hydrogen) atoms. The molecule has 0 aliphatic heterocycles.